The fourth-order valence-electron chi connectivity index (χ4n) is 2.09. The molecule has 17 heavy (non-hydrogen) atoms. The Balaban J connectivity index is 3.10. The van der Waals surface area contributed by atoms with Crippen LogP contribution < -0.4 is 0 Å². The van der Waals surface area contributed by atoms with Crippen LogP contribution >= 0.6 is 0 Å². The second kappa shape index (κ2) is 4.94. The van der Waals surface area contributed by atoms with Gasteiger partial charge >= 0.3 is 5.97 Å². The summed E-state index contributed by atoms with van der Waals surface area (Å²) in [6, 6.07) is 0. The third-order valence-electron chi connectivity index (χ3n) is 2.74. The van der Waals surface area contributed by atoms with Crippen LogP contribution in [0.5, 0.6) is 0 Å². The summed E-state index contributed by atoms with van der Waals surface area (Å²) in [7, 11) is 0. The summed E-state index contributed by atoms with van der Waals surface area (Å²) in [5, 5.41) is 0. The fourth-order valence-corrected chi connectivity index (χ4v) is 2.09. The highest BCUT2D eigenvalue weighted by Crippen LogP contribution is 2.22. The topological polar surface area (TPSA) is 42.1 Å². The number of hydrogen-bond donors (Lipinski definition) is 1. The average molecular weight is 237 g/mol. The SMILES string of the molecule is CCc1c(C)[nH]c(C(=O)OC(C)(C)C)c1CC. The molecule has 1 N–H and O–H groups in total. The van der Waals surface area contributed by atoms with Gasteiger partial charge in [0.1, 0.15) is 11.3 Å². The molecule has 3 heteroatoms. The lowest BCUT2D eigenvalue weighted by Crippen LogP contribution is -2.24. The van der Waals surface area contributed by atoms with Crippen molar-refractivity contribution in [2.24, 2.45) is 0 Å². The maximum absolute atomic E-state index is 12.1. The van der Waals surface area contributed by atoms with Crippen molar-refractivity contribution in [3.8, 4) is 0 Å². The van der Waals surface area contributed by atoms with Crippen molar-refractivity contribution in [3.05, 3.63) is 22.5 Å². The van der Waals surface area contributed by atoms with Crippen molar-refractivity contribution < 1.29 is 9.53 Å². The zero-order valence-electron chi connectivity index (χ0n) is 11.7. The van der Waals surface area contributed by atoms with E-state index in [1.165, 1.54) is 5.56 Å². The number of aryl methyl sites for hydroxylation is 1. The highest BCUT2D eigenvalue weighted by molar-refractivity contribution is 5.90. The number of nitrogens with one attached hydrogen (secondary N) is 1. The van der Waals surface area contributed by atoms with Crippen LogP contribution in [0.3, 0.4) is 0 Å². The van der Waals surface area contributed by atoms with E-state index in [0.717, 1.165) is 24.1 Å². The molecule has 0 atom stereocenters. The molecule has 0 aliphatic rings. The van der Waals surface area contributed by atoms with Gasteiger partial charge in [0.05, 0.1) is 0 Å². The highest BCUT2D eigenvalue weighted by atomic mass is 16.6. The molecule has 0 bridgehead atoms. The van der Waals surface area contributed by atoms with Gasteiger partial charge in [-0.2, -0.15) is 0 Å². The summed E-state index contributed by atoms with van der Waals surface area (Å²) in [5.41, 5.74) is 3.59. The van der Waals surface area contributed by atoms with Gasteiger partial charge in [0.25, 0.3) is 0 Å². The van der Waals surface area contributed by atoms with Gasteiger partial charge in [-0.1, -0.05) is 13.8 Å². The van der Waals surface area contributed by atoms with Crippen LogP contribution in [0.2, 0.25) is 0 Å². The van der Waals surface area contributed by atoms with E-state index in [-0.39, 0.29) is 5.97 Å². The number of rotatable bonds is 3. The second-order valence-corrected chi connectivity index (χ2v) is 5.29. The van der Waals surface area contributed by atoms with Gasteiger partial charge in [0.2, 0.25) is 0 Å². The van der Waals surface area contributed by atoms with Crippen molar-refractivity contribution in [1.82, 2.24) is 4.98 Å². The molecule has 1 aromatic rings. The van der Waals surface area contributed by atoms with Crippen LogP contribution in [0.4, 0.5) is 0 Å². The number of carbonyl (C=O) groups is 1. The van der Waals surface area contributed by atoms with Crippen LogP contribution in [0, 0.1) is 6.92 Å². The van der Waals surface area contributed by atoms with Gasteiger partial charge in [-0.15, -0.1) is 0 Å². The Morgan fingerprint density at radius 1 is 1.18 bits per heavy atom. The predicted molar refractivity (Wildman–Crippen MR) is 69.5 cm³/mol. The predicted octanol–water partition coefficient (Wildman–Crippen LogP) is 3.40. The molecule has 0 aromatic carbocycles. The van der Waals surface area contributed by atoms with Crippen LogP contribution in [0.25, 0.3) is 0 Å². The zero-order chi connectivity index (χ0) is 13.2. The summed E-state index contributed by atoms with van der Waals surface area (Å²) >= 11 is 0. The van der Waals surface area contributed by atoms with E-state index in [1.54, 1.807) is 0 Å². The van der Waals surface area contributed by atoms with Gasteiger partial charge in [-0.05, 0) is 51.7 Å². The van der Waals surface area contributed by atoms with E-state index in [9.17, 15) is 4.79 Å². The summed E-state index contributed by atoms with van der Waals surface area (Å²) in [5.74, 6) is -0.253. The molecule has 0 aliphatic heterocycles. The number of ether oxygens (including phenoxy) is 1. The first kappa shape index (κ1) is 13.8. The highest BCUT2D eigenvalue weighted by Gasteiger charge is 2.23. The Hall–Kier alpha value is -1.25. The maximum atomic E-state index is 12.1. The molecule has 0 saturated carbocycles. The largest absolute Gasteiger partial charge is 0.455 e. The van der Waals surface area contributed by atoms with Crippen LogP contribution in [0.1, 0.15) is 61.9 Å². The van der Waals surface area contributed by atoms with E-state index in [0.29, 0.717) is 5.69 Å². The summed E-state index contributed by atoms with van der Waals surface area (Å²) < 4.78 is 5.41. The number of esters is 1. The molecule has 0 unspecified atom stereocenters. The van der Waals surface area contributed by atoms with Gasteiger partial charge in [-0.25, -0.2) is 4.79 Å². The Morgan fingerprint density at radius 3 is 2.12 bits per heavy atom. The minimum Gasteiger partial charge on any atom is -0.455 e. The van der Waals surface area contributed by atoms with Crippen molar-refractivity contribution in [3.63, 3.8) is 0 Å². The zero-order valence-corrected chi connectivity index (χ0v) is 11.7. The Morgan fingerprint density at radius 2 is 1.71 bits per heavy atom. The molecule has 3 nitrogen and oxygen atoms in total. The third kappa shape index (κ3) is 3.11. The molecule has 0 radical (unpaired) electrons. The Bertz CT molecular complexity index is 411. The van der Waals surface area contributed by atoms with Crippen molar-refractivity contribution in [1.29, 1.82) is 0 Å². The van der Waals surface area contributed by atoms with Crippen molar-refractivity contribution in [2.75, 3.05) is 0 Å². The molecule has 1 aromatic heterocycles. The van der Waals surface area contributed by atoms with E-state index in [2.05, 4.69) is 18.8 Å². The van der Waals surface area contributed by atoms with E-state index in [4.69, 9.17) is 4.74 Å². The lowest BCUT2D eigenvalue weighted by molar-refractivity contribution is 0.00622. The molecule has 1 rings (SSSR count). The average Bonchev–Trinajstić information content (AvgIpc) is 2.51. The molecular weight excluding hydrogens is 214 g/mol. The van der Waals surface area contributed by atoms with E-state index < -0.39 is 5.60 Å². The number of aromatic amines is 1. The lowest BCUT2D eigenvalue weighted by Gasteiger charge is -2.19. The summed E-state index contributed by atoms with van der Waals surface area (Å²) in [6.45, 7) is 11.8. The van der Waals surface area contributed by atoms with Crippen LogP contribution in [-0.4, -0.2) is 16.6 Å². The number of hydrogen-bond acceptors (Lipinski definition) is 2. The Kier molecular flexibility index (Phi) is 4.02. The quantitative estimate of drug-likeness (QED) is 0.819. The molecule has 0 fully saturated rings. The molecule has 96 valence electrons. The first-order valence-corrected chi connectivity index (χ1v) is 6.23. The molecule has 0 spiro atoms. The normalized spacial score (nSPS) is 11.6. The molecule has 0 amide bonds. The minimum atomic E-state index is -0.451. The van der Waals surface area contributed by atoms with Crippen LogP contribution in [0.15, 0.2) is 0 Å². The maximum Gasteiger partial charge on any atom is 0.355 e. The summed E-state index contributed by atoms with van der Waals surface area (Å²) in [6.07, 6.45) is 1.79. The van der Waals surface area contributed by atoms with Gasteiger partial charge in [-0.3, -0.25) is 0 Å². The third-order valence-corrected chi connectivity index (χ3v) is 2.74. The van der Waals surface area contributed by atoms with Gasteiger partial charge in [0.15, 0.2) is 0 Å². The number of aromatic nitrogens is 1. The minimum absolute atomic E-state index is 0.253. The molecule has 0 aliphatic carbocycles. The fraction of sp³-hybridized carbons (Fsp3) is 0.643. The van der Waals surface area contributed by atoms with Crippen LogP contribution in [-0.2, 0) is 17.6 Å². The number of carbonyl (C=O) groups excluding carboxylic acids is 1. The smallest absolute Gasteiger partial charge is 0.355 e. The van der Waals surface area contributed by atoms with Gasteiger partial charge in [0, 0.05) is 5.69 Å². The monoisotopic (exact) mass is 237 g/mol. The first-order chi connectivity index (χ1) is 7.80. The molecular formula is C14H23NO2. The molecule has 1 heterocycles. The molecule has 0 saturated heterocycles. The first-order valence-electron chi connectivity index (χ1n) is 6.23. The van der Waals surface area contributed by atoms with E-state index in [1.807, 2.05) is 27.7 Å². The second-order valence-electron chi connectivity index (χ2n) is 5.29. The standard InChI is InChI=1S/C14H23NO2/c1-7-10-9(3)15-12(11(10)8-2)13(16)17-14(4,5)6/h15H,7-8H2,1-6H3. The van der Waals surface area contributed by atoms with Crippen molar-refractivity contribution >= 4 is 5.97 Å². The number of H-pyrrole nitrogens is 1. The lowest BCUT2D eigenvalue weighted by atomic mass is 10.0. The summed E-state index contributed by atoms with van der Waals surface area (Å²) in [4.78, 5) is 15.2. The van der Waals surface area contributed by atoms with Crippen molar-refractivity contribution in [2.45, 2.75) is 60.0 Å². The Labute approximate surface area is 104 Å². The van der Waals surface area contributed by atoms with E-state index >= 15 is 0 Å². The van der Waals surface area contributed by atoms with Gasteiger partial charge < -0.3 is 9.72 Å².